The van der Waals surface area contributed by atoms with Gasteiger partial charge in [0.15, 0.2) is 0 Å². The summed E-state index contributed by atoms with van der Waals surface area (Å²) in [5, 5.41) is 27.7. The van der Waals surface area contributed by atoms with E-state index >= 15 is 0 Å². The van der Waals surface area contributed by atoms with Gasteiger partial charge in [-0.15, -0.1) is 10.2 Å². The minimum absolute atomic E-state index is 0.119. The summed E-state index contributed by atoms with van der Waals surface area (Å²) in [5.74, 6) is 0.387. The topological polar surface area (TPSA) is 142 Å². The molecule has 1 unspecified atom stereocenters. The van der Waals surface area contributed by atoms with Gasteiger partial charge in [0.05, 0.1) is 17.3 Å². The second kappa shape index (κ2) is 8.61. The van der Waals surface area contributed by atoms with Crippen molar-refractivity contribution in [2.45, 2.75) is 26.3 Å². The Bertz CT molecular complexity index is 781. The molecule has 0 fully saturated rings. The average Bonchev–Trinajstić information content (AvgIpc) is 3.08. The maximum Gasteiger partial charge on any atom is 0.405 e. The molecule has 1 heterocycles. The van der Waals surface area contributed by atoms with Crippen molar-refractivity contribution in [2.24, 2.45) is 5.92 Å². The molecule has 0 aliphatic rings. The Morgan fingerprint density at radius 1 is 1.38 bits per heavy atom. The molecule has 2 amide bonds. The number of aromatic amines is 1. The third-order valence-electron chi connectivity index (χ3n) is 3.46. The van der Waals surface area contributed by atoms with Crippen molar-refractivity contribution in [3.05, 3.63) is 16.6 Å². The fourth-order valence-corrected chi connectivity index (χ4v) is 2.85. The molecule has 26 heavy (non-hydrogen) atoms. The quantitative estimate of drug-likeness (QED) is 0.531. The Morgan fingerprint density at radius 3 is 2.65 bits per heavy atom. The van der Waals surface area contributed by atoms with E-state index in [9.17, 15) is 9.59 Å². The monoisotopic (exact) mass is 426 g/mol. The maximum atomic E-state index is 12.6. The van der Waals surface area contributed by atoms with Crippen molar-refractivity contribution >= 4 is 33.6 Å². The summed E-state index contributed by atoms with van der Waals surface area (Å²) in [4.78, 5) is 23.6. The summed E-state index contributed by atoms with van der Waals surface area (Å²) in [5.41, 5.74) is 0.871. The van der Waals surface area contributed by atoms with Crippen LogP contribution in [-0.4, -0.2) is 50.9 Å². The number of carbonyl (C=O) groups is 2. The standard InChI is InChI=1S/C15H19BrN6O4/c1-7(2)4-11(18-15(24)25)14(23)17-10-6-12(26-3)9(16)5-8(10)13-19-21-22-20-13/h5-7,11,18H,4H2,1-3H3,(H,17,23)(H,24,25)(H,19,20,21,22). The highest BCUT2D eigenvalue weighted by Crippen LogP contribution is 2.35. The van der Waals surface area contributed by atoms with Crippen molar-refractivity contribution < 1.29 is 19.4 Å². The molecule has 1 aromatic heterocycles. The van der Waals surface area contributed by atoms with Crippen LogP contribution in [0.1, 0.15) is 20.3 Å². The number of H-pyrrole nitrogens is 1. The highest BCUT2D eigenvalue weighted by atomic mass is 79.9. The third kappa shape index (κ3) is 4.91. The van der Waals surface area contributed by atoms with Crippen molar-refractivity contribution in [3.8, 4) is 17.1 Å². The van der Waals surface area contributed by atoms with Gasteiger partial charge in [0.25, 0.3) is 0 Å². The fourth-order valence-electron chi connectivity index (χ4n) is 2.35. The first-order chi connectivity index (χ1) is 12.3. The van der Waals surface area contributed by atoms with Crippen LogP contribution in [0.3, 0.4) is 0 Å². The molecule has 1 aromatic carbocycles. The number of carboxylic acid groups (broad SMARTS) is 1. The Balaban J connectivity index is 2.36. The van der Waals surface area contributed by atoms with Gasteiger partial charge in [0.2, 0.25) is 11.7 Å². The first-order valence-corrected chi connectivity index (χ1v) is 8.52. The van der Waals surface area contributed by atoms with Crippen molar-refractivity contribution in [3.63, 3.8) is 0 Å². The maximum absolute atomic E-state index is 12.6. The summed E-state index contributed by atoms with van der Waals surface area (Å²) in [6.45, 7) is 3.80. The van der Waals surface area contributed by atoms with E-state index in [4.69, 9.17) is 9.84 Å². The highest BCUT2D eigenvalue weighted by molar-refractivity contribution is 9.10. The summed E-state index contributed by atoms with van der Waals surface area (Å²) >= 11 is 3.37. The SMILES string of the molecule is COc1cc(NC(=O)C(CC(C)C)NC(=O)O)c(-c2nn[nH]n2)cc1Br. The van der Waals surface area contributed by atoms with Gasteiger partial charge in [-0.3, -0.25) is 4.79 Å². The van der Waals surface area contributed by atoms with Gasteiger partial charge in [0.1, 0.15) is 11.8 Å². The first kappa shape index (κ1) is 19.6. The molecule has 0 aliphatic carbocycles. The van der Waals surface area contributed by atoms with Crippen molar-refractivity contribution in [2.75, 3.05) is 12.4 Å². The molecule has 0 saturated carbocycles. The van der Waals surface area contributed by atoms with E-state index in [1.807, 2.05) is 13.8 Å². The first-order valence-electron chi connectivity index (χ1n) is 7.73. The molecule has 0 spiro atoms. The van der Waals surface area contributed by atoms with Crippen LogP contribution in [0.2, 0.25) is 0 Å². The number of ether oxygens (including phenoxy) is 1. The Kier molecular flexibility index (Phi) is 6.50. The lowest BCUT2D eigenvalue weighted by atomic mass is 10.0. The summed E-state index contributed by atoms with van der Waals surface area (Å²) in [6.07, 6.45) is -0.916. The average molecular weight is 427 g/mol. The summed E-state index contributed by atoms with van der Waals surface area (Å²) in [6, 6.07) is 2.38. The molecule has 11 heteroatoms. The number of halogens is 1. The van der Waals surface area contributed by atoms with Crippen LogP contribution in [0.5, 0.6) is 5.75 Å². The fraction of sp³-hybridized carbons (Fsp3) is 0.400. The number of methoxy groups -OCH3 is 1. The van der Waals surface area contributed by atoms with Crippen LogP contribution in [-0.2, 0) is 4.79 Å². The lowest BCUT2D eigenvalue weighted by molar-refractivity contribution is -0.118. The highest BCUT2D eigenvalue weighted by Gasteiger charge is 2.24. The Morgan fingerprint density at radius 2 is 2.12 bits per heavy atom. The molecule has 140 valence electrons. The number of rotatable bonds is 7. The Hall–Kier alpha value is -2.69. The number of anilines is 1. The number of tetrazole rings is 1. The number of hydrogen-bond acceptors (Lipinski definition) is 6. The number of hydrogen-bond donors (Lipinski definition) is 4. The summed E-state index contributed by atoms with van der Waals surface area (Å²) < 4.78 is 5.90. The largest absolute Gasteiger partial charge is 0.495 e. The second-order valence-electron chi connectivity index (χ2n) is 5.89. The van der Waals surface area contributed by atoms with E-state index in [1.54, 1.807) is 12.1 Å². The number of amides is 2. The number of benzene rings is 1. The third-order valence-corrected chi connectivity index (χ3v) is 4.08. The van der Waals surface area contributed by atoms with Gasteiger partial charge < -0.3 is 20.5 Å². The van der Waals surface area contributed by atoms with Gasteiger partial charge in [-0.1, -0.05) is 13.8 Å². The van der Waals surface area contributed by atoms with Gasteiger partial charge in [-0.05, 0) is 39.5 Å². The van der Waals surface area contributed by atoms with E-state index < -0.39 is 18.0 Å². The Labute approximate surface area is 157 Å². The zero-order valence-corrected chi connectivity index (χ0v) is 16.0. The van der Waals surface area contributed by atoms with Gasteiger partial charge in [-0.25, -0.2) is 4.79 Å². The molecule has 10 nitrogen and oxygen atoms in total. The molecule has 0 bridgehead atoms. The predicted octanol–water partition coefficient (Wildman–Crippen LogP) is 2.26. The molecular weight excluding hydrogens is 408 g/mol. The molecule has 4 N–H and O–H groups in total. The molecule has 0 saturated heterocycles. The van der Waals surface area contributed by atoms with Crippen molar-refractivity contribution in [1.82, 2.24) is 25.9 Å². The van der Waals surface area contributed by atoms with Crippen LogP contribution in [0.4, 0.5) is 10.5 Å². The smallest absolute Gasteiger partial charge is 0.405 e. The zero-order chi connectivity index (χ0) is 19.3. The second-order valence-corrected chi connectivity index (χ2v) is 6.74. The van der Waals surface area contributed by atoms with Crippen LogP contribution in [0.15, 0.2) is 16.6 Å². The predicted molar refractivity (Wildman–Crippen MR) is 96.9 cm³/mol. The van der Waals surface area contributed by atoms with E-state index in [1.165, 1.54) is 7.11 Å². The molecule has 1 atom stereocenters. The number of nitrogens with one attached hydrogen (secondary N) is 3. The van der Waals surface area contributed by atoms with Gasteiger partial charge >= 0.3 is 6.09 Å². The van der Waals surface area contributed by atoms with Crippen LogP contribution >= 0.6 is 15.9 Å². The van der Waals surface area contributed by atoms with Crippen LogP contribution in [0.25, 0.3) is 11.4 Å². The number of carbonyl (C=O) groups excluding carboxylic acids is 1. The minimum Gasteiger partial charge on any atom is -0.495 e. The van der Waals surface area contributed by atoms with E-state index in [-0.39, 0.29) is 11.7 Å². The number of aromatic nitrogens is 4. The minimum atomic E-state index is -1.27. The van der Waals surface area contributed by atoms with Gasteiger partial charge in [-0.2, -0.15) is 5.21 Å². The lowest BCUT2D eigenvalue weighted by Crippen LogP contribution is -2.44. The summed E-state index contributed by atoms with van der Waals surface area (Å²) in [7, 11) is 1.49. The van der Waals surface area contributed by atoms with E-state index in [0.29, 0.717) is 27.9 Å². The molecule has 0 aliphatic heterocycles. The number of nitrogens with zero attached hydrogens (tertiary/aromatic N) is 3. The zero-order valence-electron chi connectivity index (χ0n) is 14.4. The van der Waals surface area contributed by atoms with E-state index in [0.717, 1.165) is 0 Å². The molecule has 0 radical (unpaired) electrons. The lowest BCUT2D eigenvalue weighted by Gasteiger charge is -2.20. The molecular formula is C15H19BrN6O4. The molecule has 2 aromatic rings. The van der Waals surface area contributed by atoms with Gasteiger partial charge in [0, 0.05) is 11.6 Å². The van der Waals surface area contributed by atoms with Crippen LogP contribution < -0.4 is 15.4 Å². The van der Waals surface area contributed by atoms with Crippen LogP contribution in [0, 0.1) is 5.92 Å². The van der Waals surface area contributed by atoms with Crippen molar-refractivity contribution in [1.29, 1.82) is 0 Å². The molecule has 2 rings (SSSR count). The normalized spacial score (nSPS) is 11.9. The van der Waals surface area contributed by atoms with E-state index in [2.05, 4.69) is 47.2 Å².